The van der Waals surface area contributed by atoms with E-state index in [1.165, 1.54) is 0 Å². The Bertz CT molecular complexity index is 560. The normalized spacial score (nSPS) is 24.7. The average Bonchev–Trinajstić information content (AvgIpc) is 2.66. The Morgan fingerprint density at radius 1 is 1.28 bits per heavy atom. The highest BCUT2D eigenvalue weighted by molar-refractivity contribution is 6.28. The molecule has 1 fully saturated rings. The maximum atomic E-state index is 5.79. The van der Waals surface area contributed by atoms with Gasteiger partial charge in [-0.3, -0.25) is 0 Å². The third-order valence-corrected chi connectivity index (χ3v) is 3.23. The second kappa shape index (κ2) is 4.40. The van der Waals surface area contributed by atoms with Crippen LogP contribution in [0.25, 0.3) is 5.65 Å². The minimum Gasteiger partial charge on any atom is -0.372 e. The molecule has 0 amide bonds. The van der Waals surface area contributed by atoms with E-state index in [1.807, 2.05) is 18.3 Å². The van der Waals surface area contributed by atoms with Gasteiger partial charge in [-0.2, -0.15) is 4.98 Å². The Kier molecular flexibility index (Phi) is 2.87. The lowest BCUT2D eigenvalue weighted by molar-refractivity contribution is -0.00524. The fourth-order valence-corrected chi connectivity index (χ4v) is 2.59. The van der Waals surface area contributed by atoms with Gasteiger partial charge in [0.15, 0.2) is 5.65 Å². The monoisotopic (exact) mass is 266 g/mol. The molecule has 0 aliphatic carbocycles. The van der Waals surface area contributed by atoms with E-state index >= 15 is 0 Å². The first kappa shape index (κ1) is 11.7. The summed E-state index contributed by atoms with van der Waals surface area (Å²) in [5.41, 5.74) is 1.88. The van der Waals surface area contributed by atoms with Crippen LogP contribution in [0.1, 0.15) is 13.8 Å². The molecule has 2 aromatic heterocycles. The lowest BCUT2D eigenvalue weighted by Gasteiger charge is -2.36. The number of morpholine rings is 1. The number of hydrogen-bond acceptors (Lipinski definition) is 4. The van der Waals surface area contributed by atoms with Gasteiger partial charge in [0.05, 0.1) is 24.1 Å². The van der Waals surface area contributed by atoms with Crippen molar-refractivity contribution < 1.29 is 4.74 Å². The molecule has 5 nitrogen and oxygen atoms in total. The van der Waals surface area contributed by atoms with E-state index in [2.05, 4.69) is 28.8 Å². The maximum Gasteiger partial charge on any atom is 0.243 e. The van der Waals surface area contributed by atoms with Crippen molar-refractivity contribution in [3.8, 4) is 0 Å². The van der Waals surface area contributed by atoms with Crippen molar-refractivity contribution in [2.75, 3.05) is 18.0 Å². The number of hydrogen-bond donors (Lipinski definition) is 0. The summed E-state index contributed by atoms with van der Waals surface area (Å²) < 4.78 is 7.44. The Labute approximate surface area is 110 Å². The number of fused-ring (bicyclic) bond motifs is 1. The largest absolute Gasteiger partial charge is 0.372 e. The molecule has 0 bridgehead atoms. The molecule has 2 aromatic rings. The van der Waals surface area contributed by atoms with E-state index in [0.29, 0.717) is 0 Å². The van der Waals surface area contributed by atoms with Crippen molar-refractivity contribution in [3.63, 3.8) is 0 Å². The SMILES string of the molecule is C[C@@H]1CN(c2ccc3nc(Cl)nn3c2)C[C@H](C)O1. The van der Waals surface area contributed by atoms with Crippen LogP contribution in [0, 0.1) is 0 Å². The van der Waals surface area contributed by atoms with E-state index in [4.69, 9.17) is 16.3 Å². The van der Waals surface area contributed by atoms with Crippen molar-refractivity contribution in [2.24, 2.45) is 0 Å². The van der Waals surface area contributed by atoms with Crippen LogP contribution in [0.5, 0.6) is 0 Å². The summed E-state index contributed by atoms with van der Waals surface area (Å²) in [5.74, 6) is 0. The number of rotatable bonds is 1. The van der Waals surface area contributed by atoms with Crippen molar-refractivity contribution in [3.05, 3.63) is 23.6 Å². The van der Waals surface area contributed by atoms with E-state index in [-0.39, 0.29) is 17.5 Å². The summed E-state index contributed by atoms with van der Waals surface area (Å²) in [6.07, 6.45) is 2.44. The Balaban J connectivity index is 1.93. The fourth-order valence-electron chi connectivity index (χ4n) is 2.42. The van der Waals surface area contributed by atoms with Gasteiger partial charge in [-0.05, 0) is 37.6 Å². The van der Waals surface area contributed by atoms with E-state index in [1.54, 1.807) is 4.52 Å². The summed E-state index contributed by atoms with van der Waals surface area (Å²) >= 11 is 5.79. The number of pyridine rings is 1. The molecule has 18 heavy (non-hydrogen) atoms. The van der Waals surface area contributed by atoms with Crippen molar-refractivity contribution in [1.82, 2.24) is 14.6 Å². The standard InChI is InChI=1S/C12H15ClN4O/c1-8-5-16(6-9(2)18-8)10-3-4-11-14-12(13)15-17(11)7-10/h3-4,7-9H,5-6H2,1-2H3/t8-,9+. The van der Waals surface area contributed by atoms with Gasteiger partial charge in [-0.1, -0.05) is 0 Å². The van der Waals surface area contributed by atoms with E-state index < -0.39 is 0 Å². The van der Waals surface area contributed by atoms with Crippen molar-refractivity contribution in [1.29, 1.82) is 0 Å². The van der Waals surface area contributed by atoms with Gasteiger partial charge in [0, 0.05) is 13.1 Å². The van der Waals surface area contributed by atoms with Crippen molar-refractivity contribution >= 4 is 22.9 Å². The van der Waals surface area contributed by atoms with Crippen LogP contribution in [0.4, 0.5) is 5.69 Å². The number of halogens is 1. The Morgan fingerprint density at radius 2 is 2.00 bits per heavy atom. The van der Waals surface area contributed by atoms with Gasteiger partial charge in [0.25, 0.3) is 0 Å². The summed E-state index contributed by atoms with van der Waals surface area (Å²) in [7, 11) is 0. The molecule has 1 aliphatic rings. The van der Waals surface area contributed by atoms with Crippen LogP contribution in [0.15, 0.2) is 18.3 Å². The van der Waals surface area contributed by atoms with Gasteiger partial charge < -0.3 is 9.64 Å². The van der Waals surface area contributed by atoms with Crippen LogP contribution in [-0.4, -0.2) is 39.9 Å². The molecule has 0 saturated carbocycles. The molecule has 3 heterocycles. The molecule has 0 aromatic carbocycles. The average molecular weight is 267 g/mol. The topological polar surface area (TPSA) is 42.7 Å². The second-order valence-corrected chi connectivity index (χ2v) is 5.07. The third kappa shape index (κ3) is 2.15. The van der Waals surface area contributed by atoms with Crippen LogP contribution >= 0.6 is 11.6 Å². The number of aromatic nitrogens is 3. The first-order chi connectivity index (χ1) is 8.61. The Hall–Kier alpha value is -1.33. The molecular formula is C12H15ClN4O. The smallest absolute Gasteiger partial charge is 0.243 e. The zero-order valence-corrected chi connectivity index (χ0v) is 11.1. The maximum absolute atomic E-state index is 5.79. The molecule has 0 N–H and O–H groups in total. The second-order valence-electron chi connectivity index (χ2n) is 4.73. The van der Waals surface area contributed by atoms with Gasteiger partial charge in [-0.25, -0.2) is 4.52 Å². The quantitative estimate of drug-likeness (QED) is 0.792. The van der Waals surface area contributed by atoms with E-state index in [0.717, 1.165) is 24.4 Å². The molecule has 6 heteroatoms. The van der Waals surface area contributed by atoms with Crippen molar-refractivity contribution in [2.45, 2.75) is 26.1 Å². The highest BCUT2D eigenvalue weighted by Gasteiger charge is 2.22. The van der Waals surface area contributed by atoms with Crippen LogP contribution in [0.2, 0.25) is 5.28 Å². The minimum atomic E-state index is 0.240. The van der Waals surface area contributed by atoms with Gasteiger partial charge in [0.2, 0.25) is 5.28 Å². The molecule has 0 radical (unpaired) electrons. The van der Waals surface area contributed by atoms with Gasteiger partial charge in [0.1, 0.15) is 0 Å². The number of ether oxygens (including phenoxy) is 1. The highest BCUT2D eigenvalue weighted by Crippen LogP contribution is 2.21. The highest BCUT2D eigenvalue weighted by atomic mass is 35.5. The predicted octanol–water partition coefficient (Wildman–Crippen LogP) is 2.00. The zero-order valence-electron chi connectivity index (χ0n) is 10.4. The molecule has 1 saturated heterocycles. The summed E-state index contributed by atoms with van der Waals surface area (Å²) in [6.45, 7) is 5.96. The summed E-state index contributed by atoms with van der Waals surface area (Å²) in [4.78, 5) is 6.40. The van der Waals surface area contributed by atoms with Crippen LogP contribution in [0.3, 0.4) is 0 Å². The third-order valence-electron chi connectivity index (χ3n) is 3.07. The lowest BCUT2D eigenvalue weighted by atomic mass is 10.2. The lowest BCUT2D eigenvalue weighted by Crippen LogP contribution is -2.45. The van der Waals surface area contributed by atoms with E-state index in [9.17, 15) is 0 Å². The number of anilines is 1. The van der Waals surface area contributed by atoms with Crippen LogP contribution < -0.4 is 4.90 Å². The molecule has 2 atom stereocenters. The molecular weight excluding hydrogens is 252 g/mol. The molecule has 3 rings (SSSR count). The predicted molar refractivity (Wildman–Crippen MR) is 70.2 cm³/mol. The summed E-state index contributed by atoms with van der Waals surface area (Å²) in [5, 5.41) is 4.39. The number of nitrogens with zero attached hydrogens (tertiary/aromatic N) is 4. The minimum absolute atomic E-state index is 0.240. The van der Waals surface area contributed by atoms with Gasteiger partial charge in [-0.15, -0.1) is 5.10 Å². The molecule has 0 spiro atoms. The van der Waals surface area contributed by atoms with Gasteiger partial charge >= 0.3 is 0 Å². The molecule has 0 unspecified atom stereocenters. The fraction of sp³-hybridized carbons (Fsp3) is 0.500. The first-order valence-electron chi connectivity index (χ1n) is 6.04. The zero-order chi connectivity index (χ0) is 12.7. The Morgan fingerprint density at radius 3 is 2.72 bits per heavy atom. The molecule has 96 valence electrons. The summed E-state index contributed by atoms with van der Waals surface area (Å²) in [6, 6.07) is 3.98. The first-order valence-corrected chi connectivity index (χ1v) is 6.42. The van der Waals surface area contributed by atoms with Crippen LogP contribution in [-0.2, 0) is 4.74 Å². The molecule has 1 aliphatic heterocycles.